The number of ether oxygens (including phenoxy) is 1. The maximum Gasteiger partial charge on any atom is 0.168 e. The van der Waals surface area contributed by atoms with Crippen molar-refractivity contribution >= 4 is 11.6 Å². The molecule has 1 atom stereocenters. The maximum atomic E-state index is 13.4. The van der Waals surface area contributed by atoms with Crippen LogP contribution in [-0.4, -0.2) is 43.5 Å². The molecule has 0 fully saturated rings. The summed E-state index contributed by atoms with van der Waals surface area (Å²) in [5.41, 5.74) is 0. The Bertz CT molecular complexity index is 391. The fraction of sp³-hybridized carbons (Fsp3) is 0.545. The Morgan fingerprint density at radius 1 is 1.39 bits per heavy atom. The molecule has 0 amide bonds. The van der Waals surface area contributed by atoms with Gasteiger partial charge >= 0.3 is 0 Å². The normalized spacial score (nSPS) is 12.3. The average molecular weight is 261 g/mol. The Morgan fingerprint density at radius 3 is 2.67 bits per heavy atom. The summed E-state index contributed by atoms with van der Waals surface area (Å²) in [5, 5.41) is 14.6. The lowest BCUT2D eigenvalue weighted by Crippen LogP contribution is -2.19. The Balaban J connectivity index is 2.56. The minimum atomic E-state index is -0.771. The average Bonchev–Trinajstić information content (AvgIpc) is 2.32. The Hall–Kier alpha value is -1.47. The van der Waals surface area contributed by atoms with E-state index < -0.39 is 17.7 Å². The largest absolute Gasteiger partial charge is 0.391 e. The highest BCUT2D eigenvalue weighted by molar-refractivity contribution is 5.47. The van der Waals surface area contributed by atoms with Gasteiger partial charge in [-0.05, 0) is 6.42 Å². The minimum absolute atomic E-state index is 0.0312. The van der Waals surface area contributed by atoms with Gasteiger partial charge in [-0.15, -0.1) is 0 Å². The van der Waals surface area contributed by atoms with E-state index in [2.05, 4.69) is 15.6 Å². The first-order chi connectivity index (χ1) is 8.58. The van der Waals surface area contributed by atoms with Gasteiger partial charge < -0.3 is 20.5 Å². The van der Waals surface area contributed by atoms with E-state index in [9.17, 15) is 13.9 Å². The molecule has 0 saturated heterocycles. The van der Waals surface area contributed by atoms with E-state index in [1.807, 2.05) is 0 Å². The molecule has 1 heterocycles. The Morgan fingerprint density at radius 2 is 2.06 bits per heavy atom. The molecule has 18 heavy (non-hydrogen) atoms. The van der Waals surface area contributed by atoms with Gasteiger partial charge in [-0.25, -0.2) is 13.8 Å². The van der Waals surface area contributed by atoms with Gasteiger partial charge in [0.05, 0.1) is 12.7 Å². The van der Waals surface area contributed by atoms with Crippen LogP contribution in [0.4, 0.5) is 20.4 Å². The first-order valence-electron chi connectivity index (χ1n) is 5.53. The number of anilines is 2. The van der Waals surface area contributed by atoms with Crippen molar-refractivity contribution in [1.82, 2.24) is 4.98 Å². The lowest BCUT2D eigenvalue weighted by atomic mass is 10.2. The predicted octanol–water partition coefficient (Wildman–Crippen LogP) is 1.21. The Kier molecular flexibility index (Phi) is 5.73. The van der Waals surface area contributed by atoms with Crippen LogP contribution in [0, 0.1) is 11.6 Å². The topological polar surface area (TPSA) is 66.4 Å². The molecule has 0 saturated carbocycles. The molecule has 1 unspecified atom stereocenters. The second kappa shape index (κ2) is 7.07. The first-order valence-corrected chi connectivity index (χ1v) is 5.53. The van der Waals surface area contributed by atoms with E-state index in [-0.39, 0.29) is 18.2 Å². The monoisotopic (exact) mass is 261 g/mol. The first kappa shape index (κ1) is 14.6. The summed E-state index contributed by atoms with van der Waals surface area (Å²) in [7, 11) is 2.98. The van der Waals surface area contributed by atoms with Crippen LogP contribution < -0.4 is 10.6 Å². The summed E-state index contributed by atoms with van der Waals surface area (Å²) in [6, 6.07) is 0.757. The van der Waals surface area contributed by atoms with Crippen molar-refractivity contribution in [3.8, 4) is 0 Å². The highest BCUT2D eigenvalue weighted by Gasteiger charge is 2.11. The number of methoxy groups -OCH3 is 1. The molecule has 0 aliphatic carbocycles. The van der Waals surface area contributed by atoms with Crippen LogP contribution in [0.3, 0.4) is 0 Å². The molecule has 5 nitrogen and oxygen atoms in total. The van der Waals surface area contributed by atoms with E-state index in [1.54, 1.807) is 0 Å². The molecule has 0 aliphatic rings. The number of hydrogen-bond donors (Lipinski definition) is 3. The number of halogens is 2. The summed E-state index contributed by atoms with van der Waals surface area (Å²) in [6.45, 7) is 0.520. The highest BCUT2D eigenvalue weighted by Crippen LogP contribution is 2.18. The van der Waals surface area contributed by atoms with E-state index >= 15 is 0 Å². The van der Waals surface area contributed by atoms with E-state index in [1.165, 1.54) is 14.2 Å². The minimum Gasteiger partial charge on any atom is -0.391 e. The van der Waals surface area contributed by atoms with E-state index in [0.717, 1.165) is 6.07 Å². The van der Waals surface area contributed by atoms with Gasteiger partial charge in [0, 0.05) is 26.8 Å². The van der Waals surface area contributed by atoms with Crippen molar-refractivity contribution in [2.24, 2.45) is 0 Å². The second-order valence-corrected chi connectivity index (χ2v) is 3.72. The molecule has 102 valence electrons. The van der Waals surface area contributed by atoms with Gasteiger partial charge in [0.1, 0.15) is 0 Å². The summed E-state index contributed by atoms with van der Waals surface area (Å²) >= 11 is 0. The SMILES string of the molecule is CNc1nc(NCCC(O)COC)c(F)cc1F. The molecule has 7 heteroatoms. The molecular formula is C11H17F2N3O2. The number of hydrogen-bond acceptors (Lipinski definition) is 5. The number of nitrogens with one attached hydrogen (secondary N) is 2. The van der Waals surface area contributed by atoms with E-state index in [0.29, 0.717) is 13.0 Å². The van der Waals surface area contributed by atoms with Gasteiger partial charge in [-0.1, -0.05) is 0 Å². The molecule has 1 rings (SSSR count). The van der Waals surface area contributed by atoms with Crippen molar-refractivity contribution in [3.63, 3.8) is 0 Å². The molecule has 0 radical (unpaired) electrons. The lowest BCUT2D eigenvalue weighted by Gasteiger charge is -2.12. The zero-order chi connectivity index (χ0) is 13.5. The molecule has 0 aliphatic heterocycles. The van der Waals surface area contributed by atoms with Crippen LogP contribution in [0.1, 0.15) is 6.42 Å². The molecule has 0 bridgehead atoms. The summed E-state index contributed by atoms with van der Waals surface area (Å²) in [4.78, 5) is 3.75. The molecule has 1 aromatic rings. The summed E-state index contributed by atoms with van der Waals surface area (Å²) < 4.78 is 31.2. The predicted molar refractivity (Wildman–Crippen MR) is 64.7 cm³/mol. The molecule has 1 aromatic heterocycles. The van der Waals surface area contributed by atoms with Gasteiger partial charge in [0.25, 0.3) is 0 Å². The van der Waals surface area contributed by atoms with Crippen LogP contribution in [0.2, 0.25) is 0 Å². The van der Waals surface area contributed by atoms with Crippen LogP contribution in [0.15, 0.2) is 6.07 Å². The summed E-state index contributed by atoms with van der Waals surface area (Å²) in [6.07, 6.45) is -0.254. The van der Waals surface area contributed by atoms with Gasteiger partial charge in [-0.3, -0.25) is 0 Å². The highest BCUT2D eigenvalue weighted by atomic mass is 19.1. The number of pyridine rings is 1. The fourth-order valence-electron chi connectivity index (χ4n) is 1.40. The summed E-state index contributed by atoms with van der Waals surface area (Å²) in [5.74, 6) is -1.60. The third-order valence-electron chi connectivity index (χ3n) is 2.30. The Labute approximate surface area is 104 Å². The molecule has 0 spiro atoms. The molecule has 0 aromatic carbocycles. The van der Waals surface area contributed by atoms with Gasteiger partial charge in [0.2, 0.25) is 0 Å². The second-order valence-electron chi connectivity index (χ2n) is 3.72. The standard InChI is InChI=1S/C11H17F2N3O2/c1-14-10-8(12)5-9(13)11(16-10)15-4-3-7(17)6-18-2/h5,7,17H,3-4,6H2,1-2H3,(H2,14,15,16). The smallest absolute Gasteiger partial charge is 0.168 e. The lowest BCUT2D eigenvalue weighted by molar-refractivity contribution is 0.0615. The van der Waals surface area contributed by atoms with Crippen LogP contribution in [0.25, 0.3) is 0 Å². The van der Waals surface area contributed by atoms with Crippen LogP contribution >= 0.6 is 0 Å². The van der Waals surface area contributed by atoms with Gasteiger partial charge in [-0.2, -0.15) is 0 Å². The van der Waals surface area contributed by atoms with Crippen molar-refractivity contribution in [3.05, 3.63) is 17.7 Å². The van der Waals surface area contributed by atoms with Crippen LogP contribution in [0.5, 0.6) is 0 Å². The van der Waals surface area contributed by atoms with Gasteiger partial charge in [0.15, 0.2) is 23.3 Å². The van der Waals surface area contributed by atoms with Crippen molar-refractivity contribution in [1.29, 1.82) is 0 Å². The molecular weight excluding hydrogens is 244 g/mol. The number of aliphatic hydroxyl groups excluding tert-OH is 1. The quantitative estimate of drug-likeness (QED) is 0.688. The molecule has 3 N–H and O–H groups in total. The van der Waals surface area contributed by atoms with Crippen molar-refractivity contribution in [2.75, 3.05) is 37.9 Å². The number of aliphatic hydroxyl groups is 1. The van der Waals surface area contributed by atoms with E-state index in [4.69, 9.17) is 4.74 Å². The fourth-order valence-corrected chi connectivity index (χ4v) is 1.40. The maximum absolute atomic E-state index is 13.4. The number of rotatable bonds is 7. The zero-order valence-corrected chi connectivity index (χ0v) is 10.3. The number of nitrogens with zero attached hydrogens (tertiary/aromatic N) is 1. The van der Waals surface area contributed by atoms with Crippen molar-refractivity contribution in [2.45, 2.75) is 12.5 Å². The third kappa shape index (κ3) is 4.08. The van der Waals surface area contributed by atoms with Crippen LogP contribution in [-0.2, 0) is 4.74 Å². The number of aromatic nitrogens is 1. The zero-order valence-electron chi connectivity index (χ0n) is 10.3. The third-order valence-corrected chi connectivity index (χ3v) is 2.30. The van der Waals surface area contributed by atoms with Crippen molar-refractivity contribution < 1.29 is 18.6 Å².